The Morgan fingerprint density at radius 2 is 1.68 bits per heavy atom. The smallest absolute Gasteiger partial charge is 0.336 e. The number of aryl methyl sites for hydroxylation is 2. The molecule has 8 nitrogen and oxygen atoms in total. The lowest BCUT2D eigenvalue weighted by Gasteiger charge is -2.17. The van der Waals surface area contributed by atoms with Crippen LogP contribution in [-0.2, 0) is 14.8 Å². The number of hydrogen-bond donors (Lipinski definition) is 1. The number of nitrogens with one attached hydrogen (secondary N) is 1. The van der Waals surface area contributed by atoms with Crippen LogP contribution in [0.4, 0.5) is 0 Å². The van der Waals surface area contributed by atoms with Crippen LogP contribution in [0, 0.1) is 13.8 Å². The number of carbonyl (C=O) groups is 1. The minimum Gasteiger partial charge on any atom is -0.497 e. The fourth-order valence-electron chi connectivity index (χ4n) is 3.91. The van der Waals surface area contributed by atoms with Crippen molar-refractivity contribution in [2.24, 2.45) is 0 Å². The molecule has 1 aromatic heterocycles. The highest BCUT2D eigenvalue weighted by molar-refractivity contribution is 7.89. The van der Waals surface area contributed by atoms with Gasteiger partial charge >= 0.3 is 11.6 Å². The third-order valence-electron chi connectivity index (χ3n) is 6.04. The zero-order chi connectivity index (χ0) is 26.7. The number of fused-ring (bicyclic) bond motifs is 1. The van der Waals surface area contributed by atoms with Gasteiger partial charge in [-0.15, -0.1) is 0 Å². The molecular formula is C28H27NO7S. The molecule has 4 aromatic rings. The normalized spacial score (nSPS) is 12.3. The molecule has 0 saturated heterocycles. The first-order valence-electron chi connectivity index (χ1n) is 11.7. The van der Waals surface area contributed by atoms with Crippen LogP contribution in [0.1, 0.15) is 24.5 Å². The number of ether oxygens (including phenoxy) is 2. The van der Waals surface area contributed by atoms with E-state index < -0.39 is 27.7 Å². The first-order valence-corrected chi connectivity index (χ1v) is 13.1. The second-order valence-corrected chi connectivity index (χ2v) is 10.3. The van der Waals surface area contributed by atoms with Gasteiger partial charge in [0.05, 0.1) is 12.0 Å². The van der Waals surface area contributed by atoms with Gasteiger partial charge in [0.1, 0.15) is 23.1 Å². The molecule has 3 aromatic carbocycles. The molecule has 0 aliphatic carbocycles. The van der Waals surface area contributed by atoms with Gasteiger partial charge in [0, 0.05) is 17.0 Å². The van der Waals surface area contributed by atoms with Crippen LogP contribution in [0.5, 0.6) is 11.5 Å². The number of methoxy groups -OCH3 is 1. The maximum absolute atomic E-state index is 13.0. The van der Waals surface area contributed by atoms with Crippen LogP contribution < -0.4 is 19.8 Å². The molecule has 0 bridgehead atoms. The van der Waals surface area contributed by atoms with E-state index >= 15 is 0 Å². The van der Waals surface area contributed by atoms with E-state index in [1.807, 2.05) is 19.1 Å². The van der Waals surface area contributed by atoms with Gasteiger partial charge in [-0.3, -0.25) is 0 Å². The number of rotatable bonds is 8. The van der Waals surface area contributed by atoms with Crippen molar-refractivity contribution in [3.8, 4) is 22.6 Å². The monoisotopic (exact) mass is 521 g/mol. The van der Waals surface area contributed by atoms with Gasteiger partial charge in [0.2, 0.25) is 10.0 Å². The molecule has 0 aliphatic heterocycles. The van der Waals surface area contributed by atoms with Gasteiger partial charge < -0.3 is 13.9 Å². The Hall–Kier alpha value is -3.95. The van der Waals surface area contributed by atoms with Gasteiger partial charge in [-0.1, -0.05) is 36.8 Å². The molecule has 0 amide bonds. The topological polar surface area (TPSA) is 112 Å². The van der Waals surface area contributed by atoms with E-state index in [-0.39, 0.29) is 22.6 Å². The first kappa shape index (κ1) is 26.1. The van der Waals surface area contributed by atoms with Gasteiger partial charge in [-0.05, 0) is 67.8 Å². The fraction of sp³-hybridized carbons (Fsp3) is 0.214. The van der Waals surface area contributed by atoms with Crippen LogP contribution in [-0.4, -0.2) is 27.5 Å². The maximum Gasteiger partial charge on any atom is 0.336 e. The van der Waals surface area contributed by atoms with Crippen molar-refractivity contribution in [1.82, 2.24) is 4.72 Å². The summed E-state index contributed by atoms with van der Waals surface area (Å²) in [5.41, 5.74) is 2.53. The van der Waals surface area contributed by atoms with E-state index in [9.17, 15) is 18.0 Å². The highest BCUT2D eigenvalue weighted by atomic mass is 32.2. The summed E-state index contributed by atoms with van der Waals surface area (Å²) in [6.45, 7) is 5.20. The fourth-order valence-corrected chi connectivity index (χ4v) is 5.18. The lowest BCUT2D eigenvalue weighted by atomic mass is 10.00. The molecule has 0 saturated carbocycles. The van der Waals surface area contributed by atoms with E-state index in [0.717, 1.165) is 11.1 Å². The number of hydrogen-bond acceptors (Lipinski definition) is 7. The first-order chi connectivity index (χ1) is 17.6. The van der Waals surface area contributed by atoms with Gasteiger partial charge in [0.25, 0.3) is 0 Å². The average molecular weight is 522 g/mol. The summed E-state index contributed by atoms with van der Waals surface area (Å²) in [5.74, 6) is 0.0830. The Morgan fingerprint density at radius 1 is 1.00 bits per heavy atom. The molecule has 37 heavy (non-hydrogen) atoms. The second-order valence-electron chi connectivity index (χ2n) is 8.59. The third-order valence-corrected chi connectivity index (χ3v) is 7.53. The Bertz CT molecular complexity index is 1610. The molecule has 1 atom stereocenters. The molecule has 1 N–H and O–H groups in total. The Morgan fingerprint density at radius 3 is 2.30 bits per heavy atom. The Kier molecular flexibility index (Phi) is 7.47. The van der Waals surface area contributed by atoms with Gasteiger partial charge in [-0.2, -0.15) is 4.72 Å². The standard InChI is InChI=1S/C28H27NO7S/c1-5-24(29-37(32,33)21-12-6-17(2)7-13-21)28(31)35-25-15-14-22-23(16-26(30)36-27(22)18(25)3)19-8-10-20(34-4)11-9-19/h6-16,24,29H,5H2,1-4H3. The Balaban J connectivity index is 1.63. The SMILES string of the molecule is CCC(NS(=O)(=O)c1ccc(C)cc1)C(=O)Oc1ccc2c(-c3ccc(OC)cc3)cc(=O)oc2c1C. The van der Waals surface area contributed by atoms with Crippen molar-refractivity contribution >= 4 is 27.0 Å². The maximum atomic E-state index is 13.0. The van der Waals surface area contributed by atoms with E-state index in [4.69, 9.17) is 13.9 Å². The summed E-state index contributed by atoms with van der Waals surface area (Å²) < 4.78 is 44.2. The number of sulfonamides is 1. The summed E-state index contributed by atoms with van der Waals surface area (Å²) in [7, 11) is -2.36. The van der Waals surface area contributed by atoms with Crippen molar-refractivity contribution in [3.05, 3.63) is 88.3 Å². The van der Waals surface area contributed by atoms with Crippen molar-refractivity contribution in [1.29, 1.82) is 0 Å². The van der Waals surface area contributed by atoms with Gasteiger partial charge in [-0.25, -0.2) is 18.0 Å². The Labute approximate surface area is 214 Å². The molecule has 192 valence electrons. The zero-order valence-electron chi connectivity index (χ0n) is 20.9. The second kappa shape index (κ2) is 10.6. The number of carbonyl (C=O) groups excluding carboxylic acids is 1. The predicted octanol–water partition coefficient (Wildman–Crippen LogP) is 4.75. The lowest BCUT2D eigenvalue weighted by molar-refractivity contribution is -0.136. The van der Waals surface area contributed by atoms with E-state index in [2.05, 4.69) is 4.72 Å². The van der Waals surface area contributed by atoms with Crippen LogP contribution in [0.2, 0.25) is 0 Å². The molecule has 1 unspecified atom stereocenters. The predicted molar refractivity (Wildman–Crippen MR) is 140 cm³/mol. The molecule has 1 heterocycles. The highest BCUT2D eigenvalue weighted by Crippen LogP contribution is 2.34. The number of esters is 1. The lowest BCUT2D eigenvalue weighted by Crippen LogP contribution is -2.42. The molecule has 0 fully saturated rings. The van der Waals surface area contributed by atoms with Crippen LogP contribution in [0.15, 0.2) is 80.8 Å². The average Bonchev–Trinajstić information content (AvgIpc) is 2.89. The van der Waals surface area contributed by atoms with Crippen molar-refractivity contribution in [2.75, 3.05) is 7.11 Å². The summed E-state index contributed by atoms with van der Waals surface area (Å²) in [5, 5.41) is 0.661. The van der Waals surface area contributed by atoms with E-state index in [1.54, 1.807) is 57.4 Å². The highest BCUT2D eigenvalue weighted by Gasteiger charge is 2.27. The van der Waals surface area contributed by atoms with Crippen molar-refractivity contribution < 1.29 is 27.1 Å². The quantitative estimate of drug-likeness (QED) is 0.202. The zero-order valence-corrected chi connectivity index (χ0v) is 21.7. The van der Waals surface area contributed by atoms with Crippen LogP contribution >= 0.6 is 0 Å². The molecule has 9 heteroatoms. The van der Waals surface area contributed by atoms with Crippen LogP contribution in [0.25, 0.3) is 22.1 Å². The molecule has 0 spiro atoms. The third kappa shape index (κ3) is 5.58. The molecule has 0 radical (unpaired) electrons. The van der Waals surface area contributed by atoms with Gasteiger partial charge in [0.15, 0.2) is 0 Å². The minimum atomic E-state index is -3.94. The summed E-state index contributed by atoms with van der Waals surface area (Å²) in [6.07, 6.45) is 0.174. The van der Waals surface area contributed by atoms with E-state index in [1.165, 1.54) is 18.2 Å². The van der Waals surface area contributed by atoms with E-state index in [0.29, 0.717) is 22.3 Å². The minimum absolute atomic E-state index is 0.0547. The molecule has 0 aliphatic rings. The summed E-state index contributed by atoms with van der Waals surface area (Å²) in [6, 6.07) is 17.2. The van der Waals surface area contributed by atoms with Crippen LogP contribution in [0.3, 0.4) is 0 Å². The number of benzene rings is 3. The largest absolute Gasteiger partial charge is 0.497 e. The van der Waals surface area contributed by atoms with Crippen molar-refractivity contribution in [2.45, 2.75) is 38.1 Å². The molecular weight excluding hydrogens is 494 g/mol. The summed E-state index contributed by atoms with van der Waals surface area (Å²) in [4.78, 5) is 25.4. The van der Waals surface area contributed by atoms with Crippen molar-refractivity contribution in [3.63, 3.8) is 0 Å². The summed E-state index contributed by atoms with van der Waals surface area (Å²) >= 11 is 0. The molecule has 4 rings (SSSR count).